The largest absolute Gasteiger partial charge is 0.379 e. The van der Waals surface area contributed by atoms with Crippen LogP contribution in [0.3, 0.4) is 0 Å². The zero-order valence-corrected chi connectivity index (χ0v) is 20.3. The number of imidazole rings is 1. The first-order valence-electron chi connectivity index (χ1n) is 11.7. The van der Waals surface area contributed by atoms with E-state index >= 15 is 0 Å². The molecule has 9 nitrogen and oxygen atoms in total. The van der Waals surface area contributed by atoms with Crippen molar-refractivity contribution in [2.45, 2.75) is 51.0 Å². The zero-order valence-electron chi connectivity index (χ0n) is 19.5. The SMILES string of the molecule is Cc1cc(C(=O)Nc2cc(S(=O)(=O)N3CCOCC3)ccc2C)c2nc3n(c2n1)CCCCC3. The molecule has 1 N–H and O–H groups in total. The molecule has 2 aliphatic heterocycles. The van der Waals surface area contributed by atoms with Crippen molar-refractivity contribution < 1.29 is 17.9 Å². The van der Waals surface area contributed by atoms with E-state index in [0.29, 0.717) is 43.1 Å². The van der Waals surface area contributed by atoms with Crippen LogP contribution in [0.5, 0.6) is 0 Å². The van der Waals surface area contributed by atoms with E-state index in [1.54, 1.807) is 18.2 Å². The number of aromatic nitrogens is 3. The number of anilines is 1. The number of hydrogen-bond acceptors (Lipinski definition) is 6. The van der Waals surface area contributed by atoms with E-state index < -0.39 is 10.0 Å². The lowest BCUT2D eigenvalue weighted by Crippen LogP contribution is -2.40. The maximum absolute atomic E-state index is 13.4. The van der Waals surface area contributed by atoms with Gasteiger partial charge in [-0.25, -0.2) is 18.4 Å². The first-order chi connectivity index (χ1) is 16.3. The summed E-state index contributed by atoms with van der Waals surface area (Å²) in [5, 5.41) is 2.93. The van der Waals surface area contributed by atoms with Gasteiger partial charge in [0, 0.05) is 37.4 Å². The fourth-order valence-electron chi connectivity index (χ4n) is 4.61. The monoisotopic (exact) mass is 483 g/mol. The maximum atomic E-state index is 13.4. The van der Waals surface area contributed by atoms with Gasteiger partial charge >= 0.3 is 0 Å². The van der Waals surface area contributed by atoms with Crippen LogP contribution in [0, 0.1) is 13.8 Å². The van der Waals surface area contributed by atoms with Crippen LogP contribution in [-0.4, -0.2) is 59.5 Å². The van der Waals surface area contributed by atoms with Crippen LogP contribution in [0.15, 0.2) is 29.2 Å². The summed E-state index contributed by atoms with van der Waals surface area (Å²) in [6.07, 6.45) is 4.18. The van der Waals surface area contributed by atoms with Crippen LogP contribution in [0.2, 0.25) is 0 Å². The molecule has 0 bridgehead atoms. The Kier molecular flexibility index (Phi) is 6.13. The van der Waals surface area contributed by atoms with Gasteiger partial charge in [0.2, 0.25) is 10.0 Å². The summed E-state index contributed by atoms with van der Waals surface area (Å²) in [4.78, 5) is 23.0. The standard InChI is InChI=1S/C24H29N5O4S/c1-16-7-8-18(34(31,32)28-10-12-33-13-11-28)15-20(16)26-24(30)19-14-17(2)25-23-22(19)27-21-6-4-3-5-9-29(21)23/h7-8,14-15H,3-6,9-13H2,1-2H3,(H,26,30). The Balaban J connectivity index is 1.49. The minimum atomic E-state index is -3.67. The second kappa shape index (κ2) is 9.09. The van der Waals surface area contributed by atoms with Gasteiger partial charge in [0.25, 0.3) is 5.91 Å². The third-order valence-electron chi connectivity index (χ3n) is 6.50. The van der Waals surface area contributed by atoms with Crippen molar-refractivity contribution in [1.29, 1.82) is 0 Å². The van der Waals surface area contributed by atoms with Gasteiger partial charge in [0.05, 0.1) is 23.7 Å². The summed E-state index contributed by atoms with van der Waals surface area (Å²) < 4.78 is 35.0. The van der Waals surface area contributed by atoms with E-state index in [0.717, 1.165) is 55.0 Å². The van der Waals surface area contributed by atoms with Crippen molar-refractivity contribution in [3.8, 4) is 0 Å². The van der Waals surface area contributed by atoms with E-state index in [1.807, 2.05) is 13.8 Å². The van der Waals surface area contributed by atoms with Crippen LogP contribution in [0.1, 0.15) is 46.7 Å². The Hall–Kier alpha value is -2.82. The molecule has 180 valence electrons. The second-order valence-electron chi connectivity index (χ2n) is 8.92. The number of nitrogens with one attached hydrogen (secondary N) is 1. The Morgan fingerprint density at radius 3 is 2.62 bits per heavy atom. The molecule has 0 atom stereocenters. The van der Waals surface area contributed by atoms with Crippen LogP contribution in [0.25, 0.3) is 11.2 Å². The predicted molar refractivity (Wildman–Crippen MR) is 129 cm³/mol. The minimum Gasteiger partial charge on any atom is -0.379 e. The topological polar surface area (TPSA) is 106 Å². The summed E-state index contributed by atoms with van der Waals surface area (Å²) in [6.45, 7) is 5.94. The highest BCUT2D eigenvalue weighted by Crippen LogP contribution is 2.27. The lowest BCUT2D eigenvalue weighted by molar-refractivity contribution is 0.0730. The van der Waals surface area contributed by atoms with E-state index in [-0.39, 0.29) is 10.8 Å². The van der Waals surface area contributed by atoms with Crippen LogP contribution < -0.4 is 5.32 Å². The summed E-state index contributed by atoms with van der Waals surface area (Å²) in [7, 11) is -3.67. The van der Waals surface area contributed by atoms with Crippen molar-refractivity contribution in [2.24, 2.45) is 0 Å². The van der Waals surface area contributed by atoms with E-state index in [1.165, 1.54) is 10.4 Å². The molecule has 10 heteroatoms. The minimum absolute atomic E-state index is 0.153. The highest BCUT2D eigenvalue weighted by atomic mass is 32.2. The molecule has 3 aromatic rings. The molecule has 5 rings (SSSR count). The highest BCUT2D eigenvalue weighted by Gasteiger charge is 2.27. The molecule has 0 aliphatic carbocycles. The number of morpholine rings is 1. The average molecular weight is 484 g/mol. The summed E-state index contributed by atoms with van der Waals surface area (Å²) >= 11 is 0. The third kappa shape index (κ3) is 4.21. The number of aryl methyl sites for hydroxylation is 4. The van der Waals surface area contributed by atoms with Gasteiger partial charge in [0.15, 0.2) is 5.65 Å². The fourth-order valence-corrected chi connectivity index (χ4v) is 6.05. The summed E-state index contributed by atoms with van der Waals surface area (Å²) in [6, 6.07) is 6.58. The molecule has 0 unspecified atom stereocenters. The molecule has 0 radical (unpaired) electrons. The smallest absolute Gasteiger partial charge is 0.258 e. The average Bonchev–Trinajstić information content (AvgIpc) is 3.00. The summed E-state index contributed by atoms with van der Waals surface area (Å²) in [5.74, 6) is 0.641. The molecule has 2 aliphatic rings. The van der Waals surface area contributed by atoms with Crippen molar-refractivity contribution in [1.82, 2.24) is 18.8 Å². The molecular weight excluding hydrogens is 454 g/mol. The predicted octanol–water partition coefficient (Wildman–Crippen LogP) is 3.05. The Morgan fingerprint density at radius 2 is 1.82 bits per heavy atom. The number of amides is 1. The van der Waals surface area contributed by atoms with Crippen LogP contribution >= 0.6 is 0 Å². The molecule has 1 amide bonds. The van der Waals surface area contributed by atoms with Gasteiger partial charge in [-0.3, -0.25) is 4.79 Å². The molecule has 2 aromatic heterocycles. The number of ether oxygens (including phenoxy) is 1. The number of carbonyl (C=O) groups excluding carboxylic acids is 1. The Bertz CT molecular complexity index is 1360. The molecular formula is C24H29N5O4S. The number of sulfonamides is 1. The van der Waals surface area contributed by atoms with Gasteiger partial charge in [-0.1, -0.05) is 12.5 Å². The lowest BCUT2D eigenvalue weighted by Gasteiger charge is -2.26. The number of fused-ring (bicyclic) bond motifs is 3. The lowest BCUT2D eigenvalue weighted by atomic mass is 10.1. The zero-order chi connectivity index (χ0) is 23.9. The highest BCUT2D eigenvalue weighted by molar-refractivity contribution is 7.89. The second-order valence-corrected chi connectivity index (χ2v) is 10.9. The molecule has 0 saturated carbocycles. The van der Waals surface area contributed by atoms with Crippen molar-refractivity contribution in [3.63, 3.8) is 0 Å². The normalized spacial score (nSPS) is 17.4. The number of carbonyl (C=O) groups is 1. The quantitative estimate of drug-likeness (QED) is 0.611. The first-order valence-corrected chi connectivity index (χ1v) is 13.2. The Labute approximate surface area is 199 Å². The molecule has 4 heterocycles. The molecule has 1 fully saturated rings. The number of pyridine rings is 1. The maximum Gasteiger partial charge on any atom is 0.258 e. The van der Waals surface area contributed by atoms with E-state index in [9.17, 15) is 13.2 Å². The third-order valence-corrected chi connectivity index (χ3v) is 8.40. The van der Waals surface area contributed by atoms with Crippen molar-refractivity contribution in [3.05, 3.63) is 46.9 Å². The first kappa shape index (κ1) is 22.9. The van der Waals surface area contributed by atoms with Crippen molar-refractivity contribution in [2.75, 3.05) is 31.6 Å². The fraction of sp³-hybridized carbons (Fsp3) is 0.458. The van der Waals surface area contributed by atoms with E-state index in [2.05, 4.69) is 14.9 Å². The van der Waals surface area contributed by atoms with Crippen LogP contribution in [0.4, 0.5) is 5.69 Å². The van der Waals surface area contributed by atoms with Crippen LogP contribution in [-0.2, 0) is 27.7 Å². The van der Waals surface area contributed by atoms with Gasteiger partial charge in [0.1, 0.15) is 11.3 Å². The van der Waals surface area contributed by atoms with E-state index in [4.69, 9.17) is 9.72 Å². The molecule has 1 aromatic carbocycles. The molecule has 34 heavy (non-hydrogen) atoms. The number of nitrogens with zero attached hydrogens (tertiary/aromatic N) is 4. The number of hydrogen-bond donors (Lipinski definition) is 1. The van der Waals surface area contributed by atoms with Gasteiger partial charge in [-0.05, 0) is 50.5 Å². The van der Waals surface area contributed by atoms with Crippen molar-refractivity contribution >= 4 is 32.8 Å². The number of benzene rings is 1. The van der Waals surface area contributed by atoms with Gasteiger partial charge < -0.3 is 14.6 Å². The molecule has 1 saturated heterocycles. The molecule has 0 spiro atoms. The van der Waals surface area contributed by atoms with Gasteiger partial charge in [-0.2, -0.15) is 4.31 Å². The number of rotatable bonds is 4. The van der Waals surface area contributed by atoms with Gasteiger partial charge in [-0.15, -0.1) is 0 Å². The summed E-state index contributed by atoms with van der Waals surface area (Å²) in [5.41, 5.74) is 3.76. The Morgan fingerprint density at radius 1 is 1.03 bits per heavy atom.